The van der Waals surface area contributed by atoms with Crippen molar-refractivity contribution in [3.63, 3.8) is 0 Å². The van der Waals surface area contributed by atoms with Crippen molar-refractivity contribution in [2.45, 2.75) is 13.2 Å². The molecule has 1 aromatic heterocycles. The topological polar surface area (TPSA) is 42.6 Å². The van der Waals surface area contributed by atoms with Crippen molar-refractivity contribution in [2.24, 2.45) is 0 Å². The highest BCUT2D eigenvalue weighted by atomic mass is 16.5. The lowest BCUT2D eigenvalue weighted by Crippen LogP contribution is -1.92. The summed E-state index contributed by atoms with van der Waals surface area (Å²) in [4.78, 5) is 0. The molecule has 0 saturated carbocycles. The third kappa shape index (κ3) is 2.86. The monoisotopic (exact) mass is 204 g/mol. The van der Waals surface area contributed by atoms with Gasteiger partial charge < -0.3 is 14.3 Å². The lowest BCUT2D eigenvalue weighted by molar-refractivity contribution is 0.0929. The smallest absolute Gasteiger partial charge is 0.154 e. The molecular formula is C12H12O3. The van der Waals surface area contributed by atoms with Gasteiger partial charge in [-0.05, 0) is 5.56 Å². The van der Waals surface area contributed by atoms with E-state index in [-0.39, 0.29) is 5.75 Å². The maximum Gasteiger partial charge on any atom is 0.154 e. The van der Waals surface area contributed by atoms with Crippen molar-refractivity contribution in [3.05, 3.63) is 54.0 Å². The molecule has 0 aliphatic carbocycles. The van der Waals surface area contributed by atoms with Gasteiger partial charge in [-0.25, -0.2) is 0 Å². The van der Waals surface area contributed by atoms with Gasteiger partial charge in [0.2, 0.25) is 0 Å². The molecule has 78 valence electrons. The van der Waals surface area contributed by atoms with E-state index in [9.17, 15) is 0 Å². The molecule has 1 heterocycles. The van der Waals surface area contributed by atoms with E-state index in [1.807, 2.05) is 30.3 Å². The van der Waals surface area contributed by atoms with Crippen molar-refractivity contribution in [1.82, 2.24) is 0 Å². The molecule has 1 N–H and O–H groups in total. The van der Waals surface area contributed by atoms with Gasteiger partial charge in [0.05, 0.1) is 6.61 Å². The van der Waals surface area contributed by atoms with E-state index in [4.69, 9.17) is 14.3 Å². The largest absolute Gasteiger partial charge is 0.505 e. The van der Waals surface area contributed by atoms with E-state index >= 15 is 0 Å². The van der Waals surface area contributed by atoms with E-state index in [1.165, 1.54) is 6.26 Å². The van der Waals surface area contributed by atoms with Crippen LogP contribution in [0.4, 0.5) is 0 Å². The molecule has 0 fully saturated rings. The first kappa shape index (κ1) is 9.80. The second kappa shape index (κ2) is 4.66. The number of hydrogen-bond donors (Lipinski definition) is 1. The fourth-order valence-corrected chi connectivity index (χ4v) is 1.29. The minimum atomic E-state index is 0.133. The van der Waals surface area contributed by atoms with Crippen LogP contribution >= 0.6 is 0 Å². The third-order valence-electron chi connectivity index (χ3n) is 2.00. The van der Waals surface area contributed by atoms with Crippen LogP contribution in [0.2, 0.25) is 0 Å². The molecule has 0 spiro atoms. The van der Waals surface area contributed by atoms with Crippen molar-refractivity contribution < 1.29 is 14.3 Å². The normalized spacial score (nSPS) is 10.4. The van der Waals surface area contributed by atoms with Crippen LogP contribution in [-0.2, 0) is 18.0 Å². The van der Waals surface area contributed by atoms with Crippen molar-refractivity contribution in [3.8, 4) is 5.75 Å². The lowest BCUT2D eigenvalue weighted by Gasteiger charge is -2.01. The predicted octanol–water partition coefficient (Wildman–Crippen LogP) is 2.70. The van der Waals surface area contributed by atoms with Gasteiger partial charge in [-0.1, -0.05) is 30.3 Å². The zero-order chi connectivity index (χ0) is 10.5. The number of rotatable bonds is 4. The summed E-state index contributed by atoms with van der Waals surface area (Å²) in [6.45, 7) is 0.914. The number of benzene rings is 1. The van der Waals surface area contributed by atoms with Crippen molar-refractivity contribution >= 4 is 0 Å². The van der Waals surface area contributed by atoms with Crippen LogP contribution in [-0.4, -0.2) is 5.11 Å². The van der Waals surface area contributed by atoms with Gasteiger partial charge in [0.1, 0.15) is 18.6 Å². The Kier molecular flexibility index (Phi) is 3.05. The molecule has 0 amide bonds. The summed E-state index contributed by atoms with van der Waals surface area (Å²) in [5, 5.41) is 9.02. The summed E-state index contributed by atoms with van der Waals surface area (Å²) in [7, 11) is 0. The number of furan rings is 1. The highest BCUT2D eigenvalue weighted by molar-refractivity contribution is 5.17. The van der Waals surface area contributed by atoms with Crippen LogP contribution in [0.1, 0.15) is 11.3 Å². The van der Waals surface area contributed by atoms with Crippen LogP contribution in [0.3, 0.4) is 0 Å². The first-order valence-corrected chi connectivity index (χ1v) is 4.72. The average molecular weight is 204 g/mol. The minimum absolute atomic E-state index is 0.133. The average Bonchev–Trinajstić information content (AvgIpc) is 2.66. The van der Waals surface area contributed by atoms with Gasteiger partial charge in [-0.2, -0.15) is 0 Å². The standard InChI is InChI=1S/C12H12O3/c13-11-6-12(15-8-11)9-14-7-10-4-2-1-3-5-10/h1-6,8,13H,7,9H2. The molecule has 0 saturated heterocycles. The number of ether oxygens (including phenoxy) is 1. The van der Waals surface area contributed by atoms with Crippen LogP contribution < -0.4 is 0 Å². The van der Waals surface area contributed by atoms with E-state index in [1.54, 1.807) is 6.07 Å². The summed E-state index contributed by atoms with van der Waals surface area (Å²) >= 11 is 0. The van der Waals surface area contributed by atoms with Gasteiger partial charge in [0, 0.05) is 6.07 Å². The summed E-state index contributed by atoms with van der Waals surface area (Å²) in [5.74, 6) is 0.761. The molecule has 2 aromatic rings. The van der Waals surface area contributed by atoms with Gasteiger partial charge in [-0.15, -0.1) is 0 Å². The lowest BCUT2D eigenvalue weighted by atomic mass is 10.2. The molecule has 0 bridgehead atoms. The molecule has 15 heavy (non-hydrogen) atoms. The van der Waals surface area contributed by atoms with Crippen LogP contribution in [0.5, 0.6) is 5.75 Å². The Hall–Kier alpha value is -1.74. The van der Waals surface area contributed by atoms with Gasteiger partial charge in [-0.3, -0.25) is 0 Å². The van der Waals surface area contributed by atoms with Crippen molar-refractivity contribution in [1.29, 1.82) is 0 Å². The van der Waals surface area contributed by atoms with Crippen molar-refractivity contribution in [2.75, 3.05) is 0 Å². The SMILES string of the molecule is Oc1coc(COCc2ccccc2)c1. The molecule has 0 atom stereocenters. The van der Waals surface area contributed by atoms with E-state index in [2.05, 4.69) is 0 Å². The Bertz CT molecular complexity index is 406. The Labute approximate surface area is 87.9 Å². The van der Waals surface area contributed by atoms with E-state index < -0.39 is 0 Å². The van der Waals surface area contributed by atoms with Crippen LogP contribution in [0.25, 0.3) is 0 Å². The summed E-state index contributed by atoms with van der Waals surface area (Å²) in [6, 6.07) is 11.5. The molecule has 1 aromatic carbocycles. The predicted molar refractivity (Wildman–Crippen MR) is 55.3 cm³/mol. The first-order chi connectivity index (χ1) is 7.34. The second-order valence-corrected chi connectivity index (χ2v) is 3.25. The van der Waals surface area contributed by atoms with Crippen LogP contribution in [0.15, 0.2) is 47.1 Å². The summed E-state index contributed by atoms with van der Waals surface area (Å²) in [6.07, 6.45) is 1.29. The molecule has 0 aliphatic heterocycles. The molecule has 3 heteroatoms. The molecule has 2 rings (SSSR count). The van der Waals surface area contributed by atoms with Gasteiger partial charge in [0.15, 0.2) is 5.75 Å². The molecule has 3 nitrogen and oxygen atoms in total. The maximum absolute atomic E-state index is 9.02. The minimum Gasteiger partial charge on any atom is -0.505 e. The number of hydrogen-bond acceptors (Lipinski definition) is 3. The molecule has 0 aliphatic rings. The van der Waals surface area contributed by atoms with Gasteiger partial charge >= 0.3 is 0 Å². The molecular weight excluding hydrogens is 192 g/mol. The highest BCUT2D eigenvalue weighted by Crippen LogP contribution is 2.14. The Balaban J connectivity index is 1.80. The Morgan fingerprint density at radius 3 is 2.60 bits per heavy atom. The summed E-state index contributed by atoms with van der Waals surface area (Å²) in [5.41, 5.74) is 1.12. The third-order valence-corrected chi connectivity index (χ3v) is 2.00. The fourth-order valence-electron chi connectivity index (χ4n) is 1.29. The molecule has 0 radical (unpaired) electrons. The zero-order valence-electron chi connectivity index (χ0n) is 8.22. The quantitative estimate of drug-likeness (QED) is 0.832. The van der Waals surface area contributed by atoms with E-state index in [0.717, 1.165) is 5.56 Å². The fraction of sp³-hybridized carbons (Fsp3) is 0.167. The van der Waals surface area contributed by atoms with Gasteiger partial charge in [0.25, 0.3) is 0 Å². The Morgan fingerprint density at radius 2 is 1.93 bits per heavy atom. The highest BCUT2D eigenvalue weighted by Gasteiger charge is 2.00. The second-order valence-electron chi connectivity index (χ2n) is 3.25. The van der Waals surface area contributed by atoms with E-state index in [0.29, 0.717) is 19.0 Å². The maximum atomic E-state index is 9.02. The number of aromatic hydroxyl groups is 1. The van der Waals surface area contributed by atoms with Crippen LogP contribution in [0, 0.1) is 0 Å². The zero-order valence-corrected chi connectivity index (χ0v) is 8.22. The summed E-state index contributed by atoms with van der Waals surface area (Å²) < 4.78 is 10.4. The molecule has 0 unspecified atom stereocenters. The Morgan fingerprint density at radius 1 is 1.13 bits per heavy atom. The first-order valence-electron chi connectivity index (χ1n) is 4.72.